The van der Waals surface area contributed by atoms with Crippen LogP contribution in [0.1, 0.15) is 11.1 Å². The summed E-state index contributed by atoms with van der Waals surface area (Å²) in [5.74, 6) is 0. The second kappa shape index (κ2) is 4.72. The Kier molecular flexibility index (Phi) is 2.88. The molecule has 6 heteroatoms. The zero-order chi connectivity index (χ0) is 15.0. The highest BCUT2D eigenvalue weighted by Gasteiger charge is 2.14. The maximum atomic E-state index is 12.4. The molecule has 2 aromatic heterocycles. The van der Waals surface area contributed by atoms with E-state index >= 15 is 0 Å². The molecule has 0 aliphatic heterocycles. The van der Waals surface area contributed by atoms with Gasteiger partial charge in [0.05, 0.1) is 5.69 Å². The second-order valence-corrected chi connectivity index (χ2v) is 4.61. The average Bonchev–Trinajstić information content (AvgIpc) is 2.48. The molecule has 0 fully saturated rings. The van der Waals surface area contributed by atoms with Crippen LogP contribution in [0.25, 0.3) is 16.6 Å². The first-order valence-corrected chi connectivity index (χ1v) is 6.23. The molecule has 0 saturated heterocycles. The van der Waals surface area contributed by atoms with E-state index < -0.39 is 11.1 Å². The number of hydrogen-bond donors (Lipinski definition) is 1. The minimum absolute atomic E-state index is 0.0641. The molecule has 1 N–H and O–H groups in total. The van der Waals surface area contributed by atoms with Crippen molar-refractivity contribution >= 4 is 10.9 Å². The summed E-state index contributed by atoms with van der Waals surface area (Å²) >= 11 is 0. The van der Waals surface area contributed by atoms with E-state index in [1.165, 1.54) is 12.3 Å². The van der Waals surface area contributed by atoms with Gasteiger partial charge in [-0.05, 0) is 25.1 Å². The summed E-state index contributed by atoms with van der Waals surface area (Å²) in [6, 6.07) is 10.5. The summed E-state index contributed by atoms with van der Waals surface area (Å²) in [4.78, 5) is 26.7. The fraction of sp³-hybridized carbons (Fsp3) is 0.0667. The number of aryl methyl sites for hydroxylation is 1. The van der Waals surface area contributed by atoms with E-state index in [0.717, 1.165) is 10.2 Å². The fourth-order valence-electron chi connectivity index (χ4n) is 2.11. The maximum absolute atomic E-state index is 12.4. The molecular weight excluding hydrogens is 268 g/mol. The Bertz CT molecular complexity index is 991. The number of benzene rings is 1. The minimum atomic E-state index is -0.542. The lowest BCUT2D eigenvalue weighted by Crippen LogP contribution is -2.26. The van der Waals surface area contributed by atoms with Crippen LogP contribution in [0.15, 0.2) is 46.1 Å². The summed E-state index contributed by atoms with van der Waals surface area (Å²) in [5.41, 5.74) is 0.531. The highest BCUT2D eigenvalue weighted by atomic mass is 16.1. The van der Waals surface area contributed by atoms with Gasteiger partial charge >= 0.3 is 0 Å². The number of nitriles is 1. The van der Waals surface area contributed by atoms with Gasteiger partial charge in [0.1, 0.15) is 11.6 Å². The highest BCUT2D eigenvalue weighted by molar-refractivity contribution is 5.82. The van der Waals surface area contributed by atoms with Gasteiger partial charge in [-0.15, -0.1) is 0 Å². The monoisotopic (exact) mass is 278 g/mol. The summed E-state index contributed by atoms with van der Waals surface area (Å²) in [7, 11) is 0. The first-order valence-electron chi connectivity index (χ1n) is 6.23. The van der Waals surface area contributed by atoms with Gasteiger partial charge in [0.15, 0.2) is 5.52 Å². The Hall–Kier alpha value is -3.20. The summed E-state index contributed by atoms with van der Waals surface area (Å²) < 4.78 is 1.08. The van der Waals surface area contributed by atoms with Gasteiger partial charge in [-0.3, -0.25) is 9.59 Å². The van der Waals surface area contributed by atoms with Crippen LogP contribution in [0.5, 0.6) is 0 Å². The van der Waals surface area contributed by atoms with E-state index in [9.17, 15) is 14.9 Å². The molecule has 102 valence electrons. The first-order chi connectivity index (χ1) is 10.1. The predicted octanol–water partition coefficient (Wildman–Crippen LogP) is 1.25. The van der Waals surface area contributed by atoms with Crippen LogP contribution in [0.3, 0.4) is 0 Å². The molecule has 0 amide bonds. The molecule has 0 atom stereocenters. The van der Waals surface area contributed by atoms with Gasteiger partial charge in [0.2, 0.25) is 0 Å². The minimum Gasteiger partial charge on any atom is -0.327 e. The van der Waals surface area contributed by atoms with Gasteiger partial charge in [-0.1, -0.05) is 17.7 Å². The number of aromatic nitrogens is 3. The third kappa shape index (κ3) is 2.01. The second-order valence-electron chi connectivity index (χ2n) is 4.61. The zero-order valence-corrected chi connectivity index (χ0v) is 11.1. The number of fused-ring (bicyclic) bond motifs is 1. The van der Waals surface area contributed by atoms with Crippen LogP contribution in [0.2, 0.25) is 0 Å². The molecule has 3 rings (SSSR count). The molecule has 0 spiro atoms. The molecule has 0 bridgehead atoms. The Morgan fingerprint density at radius 1 is 1.19 bits per heavy atom. The van der Waals surface area contributed by atoms with Crippen LogP contribution in [-0.2, 0) is 0 Å². The maximum Gasteiger partial charge on any atom is 0.290 e. The van der Waals surface area contributed by atoms with Crippen LogP contribution in [-0.4, -0.2) is 14.8 Å². The standard InChI is InChI=1S/C15H10N4O2/c1-9-2-4-10(5-3-9)19-15(21)12(8-16)11-6-7-17-14(20)13(11)18-19/h2-7H,1H3,(H,17,20). The Morgan fingerprint density at radius 2 is 1.90 bits per heavy atom. The Labute approximate surface area is 118 Å². The summed E-state index contributed by atoms with van der Waals surface area (Å²) in [5, 5.41) is 13.6. The van der Waals surface area contributed by atoms with E-state index in [-0.39, 0.29) is 16.5 Å². The van der Waals surface area contributed by atoms with Crippen molar-refractivity contribution in [1.29, 1.82) is 5.26 Å². The Morgan fingerprint density at radius 3 is 2.57 bits per heavy atom. The lowest BCUT2D eigenvalue weighted by Gasteiger charge is -2.07. The first kappa shape index (κ1) is 12.8. The predicted molar refractivity (Wildman–Crippen MR) is 77.4 cm³/mol. The van der Waals surface area contributed by atoms with E-state index in [1.54, 1.807) is 12.1 Å². The molecule has 0 radical (unpaired) electrons. The molecule has 0 unspecified atom stereocenters. The van der Waals surface area contributed by atoms with Crippen molar-refractivity contribution < 1.29 is 0 Å². The van der Waals surface area contributed by atoms with Gasteiger partial charge < -0.3 is 4.98 Å². The van der Waals surface area contributed by atoms with Gasteiger partial charge in [-0.25, -0.2) is 0 Å². The van der Waals surface area contributed by atoms with Crippen molar-refractivity contribution in [3.8, 4) is 11.8 Å². The number of rotatable bonds is 1. The molecule has 21 heavy (non-hydrogen) atoms. The normalized spacial score (nSPS) is 10.5. The van der Waals surface area contributed by atoms with Crippen LogP contribution in [0, 0.1) is 18.3 Å². The highest BCUT2D eigenvalue weighted by Crippen LogP contribution is 2.11. The molecular formula is C15H10N4O2. The van der Waals surface area contributed by atoms with Crippen molar-refractivity contribution in [2.45, 2.75) is 6.92 Å². The van der Waals surface area contributed by atoms with Gasteiger partial charge in [-0.2, -0.15) is 15.0 Å². The van der Waals surface area contributed by atoms with E-state index in [1.807, 2.05) is 25.1 Å². The largest absolute Gasteiger partial charge is 0.327 e. The molecule has 1 aromatic carbocycles. The number of H-pyrrole nitrogens is 1. The molecule has 2 heterocycles. The zero-order valence-electron chi connectivity index (χ0n) is 11.1. The van der Waals surface area contributed by atoms with Crippen LogP contribution in [0.4, 0.5) is 0 Å². The summed E-state index contributed by atoms with van der Waals surface area (Å²) in [6.45, 7) is 1.92. The van der Waals surface area contributed by atoms with E-state index in [4.69, 9.17) is 0 Å². The van der Waals surface area contributed by atoms with Gasteiger partial charge in [0, 0.05) is 11.6 Å². The third-order valence-electron chi connectivity index (χ3n) is 3.20. The average molecular weight is 278 g/mol. The van der Waals surface area contributed by atoms with Gasteiger partial charge in [0.25, 0.3) is 11.1 Å². The van der Waals surface area contributed by atoms with Crippen molar-refractivity contribution in [3.63, 3.8) is 0 Å². The molecule has 3 aromatic rings. The SMILES string of the molecule is Cc1ccc(-n2nc3c(=O)[nH]ccc3c(C#N)c2=O)cc1. The number of pyridine rings is 1. The fourth-order valence-corrected chi connectivity index (χ4v) is 2.11. The van der Waals surface area contributed by atoms with E-state index in [2.05, 4.69) is 10.1 Å². The third-order valence-corrected chi connectivity index (χ3v) is 3.20. The quantitative estimate of drug-likeness (QED) is 0.725. The van der Waals surface area contributed by atoms with E-state index in [0.29, 0.717) is 5.69 Å². The molecule has 0 aliphatic rings. The van der Waals surface area contributed by atoms with Crippen LogP contribution >= 0.6 is 0 Å². The van der Waals surface area contributed by atoms with Crippen molar-refractivity contribution in [2.24, 2.45) is 0 Å². The molecule has 6 nitrogen and oxygen atoms in total. The van der Waals surface area contributed by atoms with Crippen molar-refractivity contribution in [2.75, 3.05) is 0 Å². The topological polar surface area (TPSA) is 91.5 Å². The molecule has 0 saturated carbocycles. The smallest absolute Gasteiger partial charge is 0.290 e. The number of hydrogen-bond acceptors (Lipinski definition) is 4. The van der Waals surface area contributed by atoms with Crippen molar-refractivity contribution in [3.05, 3.63) is 68.4 Å². The Balaban J connectivity index is 2.45. The lowest BCUT2D eigenvalue weighted by atomic mass is 10.2. The lowest BCUT2D eigenvalue weighted by molar-refractivity contribution is 0.824. The summed E-state index contributed by atoms with van der Waals surface area (Å²) in [6.07, 6.45) is 1.39. The van der Waals surface area contributed by atoms with Crippen molar-refractivity contribution in [1.82, 2.24) is 14.8 Å². The van der Waals surface area contributed by atoms with Crippen LogP contribution < -0.4 is 11.1 Å². The number of nitrogens with one attached hydrogen (secondary N) is 1. The number of aromatic amines is 1. The number of nitrogens with zero attached hydrogens (tertiary/aromatic N) is 3. The molecule has 0 aliphatic carbocycles.